The highest BCUT2D eigenvalue weighted by Gasteiger charge is 2.16. The third kappa shape index (κ3) is 6.66. The predicted molar refractivity (Wildman–Crippen MR) is 141 cm³/mol. The van der Waals surface area contributed by atoms with E-state index in [1.165, 1.54) is 13.2 Å². The Morgan fingerprint density at radius 1 is 1.11 bits per heavy atom. The van der Waals surface area contributed by atoms with Gasteiger partial charge in [0.15, 0.2) is 11.5 Å². The number of nitriles is 1. The van der Waals surface area contributed by atoms with Gasteiger partial charge in [-0.2, -0.15) is 5.26 Å². The number of ether oxygens (including phenoxy) is 2. The maximum absolute atomic E-state index is 12.7. The Labute approximate surface area is 215 Å². The minimum Gasteiger partial charge on any atom is -0.493 e. The Hall–Kier alpha value is -3.72. The van der Waals surface area contributed by atoms with Crippen molar-refractivity contribution >= 4 is 40.9 Å². The molecule has 35 heavy (non-hydrogen) atoms. The van der Waals surface area contributed by atoms with Crippen molar-refractivity contribution in [1.29, 1.82) is 5.26 Å². The average molecular weight is 507 g/mol. The largest absolute Gasteiger partial charge is 0.493 e. The number of hydrogen-bond acceptors (Lipinski definition) is 4. The number of carbonyl (C=O) groups excluding carboxylic acids is 1. The van der Waals surface area contributed by atoms with E-state index >= 15 is 0 Å². The van der Waals surface area contributed by atoms with E-state index in [1.807, 2.05) is 37.3 Å². The molecule has 0 heterocycles. The van der Waals surface area contributed by atoms with Crippen molar-refractivity contribution in [2.45, 2.75) is 20.0 Å². The smallest absolute Gasteiger partial charge is 0.266 e. The minimum atomic E-state index is -0.546. The van der Waals surface area contributed by atoms with E-state index in [4.69, 9.17) is 32.7 Å². The van der Waals surface area contributed by atoms with Crippen LogP contribution in [0, 0.1) is 18.3 Å². The number of allylic oxidation sites excluding steroid dienone is 1. The Balaban J connectivity index is 1.91. The van der Waals surface area contributed by atoms with Crippen molar-refractivity contribution in [3.8, 4) is 17.6 Å². The molecule has 0 aromatic heterocycles. The van der Waals surface area contributed by atoms with Crippen molar-refractivity contribution in [2.24, 2.45) is 0 Å². The van der Waals surface area contributed by atoms with Crippen molar-refractivity contribution in [2.75, 3.05) is 12.4 Å². The third-order valence-electron chi connectivity index (χ3n) is 5.17. The molecule has 0 fully saturated rings. The Morgan fingerprint density at radius 2 is 1.89 bits per heavy atom. The summed E-state index contributed by atoms with van der Waals surface area (Å²) in [6.07, 6.45) is 3.73. The van der Waals surface area contributed by atoms with Crippen LogP contribution in [-0.2, 0) is 17.8 Å². The van der Waals surface area contributed by atoms with Crippen LogP contribution in [0.25, 0.3) is 6.08 Å². The van der Waals surface area contributed by atoms with Gasteiger partial charge in [0, 0.05) is 26.9 Å². The molecule has 0 aliphatic heterocycles. The fourth-order valence-electron chi connectivity index (χ4n) is 3.34. The lowest BCUT2D eigenvalue weighted by molar-refractivity contribution is -0.112. The van der Waals surface area contributed by atoms with E-state index in [2.05, 4.69) is 11.9 Å². The second-order valence-electron chi connectivity index (χ2n) is 7.67. The van der Waals surface area contributed by atoms with Gasteiger partial charge in [-0.05, 0) is 60.9 Å². The molecule has 178 valence electrons. The summed E-state index contributed by atoms with van der Waals surface area (Å²) >= 11 is 12.4. The van der Waals surface area contributed by atoms with Crippen LogP contribution in [0.1, 0.15) is 22.3 Å². The van der Waals surface area contributed by atoms with Crippen LogP contribution >= 0.6 is 23.2 Å². The molecular formula is C28H24Cl2N2O3. The van der Waals surface area contributed by atoms with Crippen molar-refractivity contribution < 1.29 is 14.3 Å². The topological polar surface area (TPSA) is 71.4 Å². The molecule has 0 saturated carbocycles. The molecule has 0 saturated heterocycles. The molecule has 1 N–H and O–H groups in total. The van der Waals surface area contributed by atoms with Crippen molar-refractivity contribution in [3.05, 3.63) is 105 Å². The van der Waals surface area contributed by atoms with Crippen LogP contribution in [0.5, 0.6) is 11.5 Å². The summed E-state index contributed by atoms with van der Waals surface area (Å²) in [5.74, 6) is 0.461. The number of benzene rings is 3. The first-order valence-corrected chi connectivity index (χ1v) is 11.5. The number of aryl methyl sites for hydroxylation is 1. The number of carbonyl (C=O) groups is 1. The van der Waals surface area contributed by atoms with Gasteiger partial charge in [-0.3, -0.25) is 4.79 Å². The number of nitrogens with zero attached hydrogens (tertiary/aromatic N) is 1. The number of methoxy groups -OCH3 is 1. The lowest BCUT2D eigenvalue weighted by Crippen LogP contribution is -2.13. The first kappa shape index (κ1) is 25.9. The van der Waals surface area contributed by atoms with Gasteiger partial charge in [0.05, 0.1) is 7.11 Å². The molecule has 0 aliphatic rings. The summed E-state index contributed by atoms with van der Waals surface area (Å²) in [6.45, 7) is 5.94. The Kier molecular flexibility index (Phi) is 8.97. The summed E-state index contributed by atoms with van der Waals surface area (Å²) in [5, 5.41) is 13.5. The first-order valence-electron chi connectivity index (χ1n) is 10.7. The minimum absolute atomic E-state index is 0.0713. The number of nitrogens with one attached hydrogen (secondary N) is 1. The molecule has 0 bridgehead atoms. The van der Waals surface area contributed by atoms with Crippen LogP contribution in [0.2, 0.25) is 10.0 Å². The lowest BCUT2D eigenvalue weighted by Gasteiger charge is -2.16. The number of anilines is 1. The van der Waals surface area contributed by atoms with Crippen molar-refractivity contribution in [3.63, 3.8) is 0 Å². The maximum atomic E-state index is 12.7. The number of amides is 1. The summed E-state index contributed by atoms with van der Waals surface area (Å²) in [5.41, 5.74) is 3.56. The Bertz CT molecular complexity index is 1330. The van der Waals surface area contributed by atoms with Crippen LogP contribution in [0.15, 0.2) is 72.8 Å². The molecule has 7 heteroatoms. The summed E-state index contributed by atoms with van der Waals surface area (Å²) in [6, 6.07) is 18.1. The van der Waals surface area contributed by atoms with Crippen LogP contribution in [0.4, 0.5) is 5.69 Å². The van der Waals surface area contributed by atoms with E-state index in [1.54, 1.807) is 36.4 Å². The van der Waals surface area contributed by atoms with Gasteiger partial charge in [-0.15, -0.1) is 6.58 Å². The predicted octanol–water partition coefficient (Wildman–Crippen LogP) is 7.16. The van der Waals surface area contributed by atoms with Gasteiger partial charge in [-0.1, -0.05) is 53.5 Å². The molecule has 1 amide bonds. The van der Waals surface area contributed by atoms with Crippen LogP contribution < -0.4 is 14.8 Å². The molecule has 3 aromatic rings. The second-order valence-corrected chi connectivity index (χ2v) is 8.49. The fraction of sp³-hybridized carbons (Fsp3) is 0.143. The fourth-order valence-corrected chi connectivity index (χ4v) is 3.71. The summed E-state index contributed by atoms with van der Waals surface area (Å²) in [4.78, 5) is 12.7. The van der Waals surface area contributed by atoms with Gasteiger partial charge in [0.25, 0.3) is 5.91 Å². The Morgan fingerprint density at radius 3 is 2.54 bits per heavy atom. The van der Waals surface area contributed by atoms with Gasteiger partial charge >= 0.3 is 0 Å². The van der Waals surface area contributed by atoms with Crippen LogP contribution in [-0.4, -0.2) is 13.0 Å². The molecule has 5 nitrogen and oxygen atoms in total. The SMILES string of the molecule is C=CCc1cc(/C=C(/C#N)C(=O)Nc2ccc(C)c(Cl)c2)cc(OC)c1OCc1ccccc1Cl. The van der Waals surface area contributed by atoms with E-state index in [9.17, 15) is 10.1 Å². The maximum Gasteiger partial charge on any atom is 0.266 e. The molecule has 0 spiro atoms. The normalized spacial score (nSPS) is 10.9. The molecular weight excluding hydrogens is 483 g/mol. The van der Waals surface area contributed by atoms with Crippen LogP contribution in [0.3, 0.4) is 0 Å². The lowest BCUT2D eigenvalue weighted by atomic mass is 10.0. The number of rotatable bonds is 9. The zero-order valence-electron chi connectivity index (χ0n) is 19.4. The molecule has 0 radical (unpaired) electrons. The third-order valence-corrected chi connectivity index (χ3v) is 5.95. The second kappa shape index (κ2) is 12.1. The monoisotopic (exact) mass is 506 g/mol. The van der Waals surface area contributed by atoms with E-state index in [-0.39, 0.29) is 12.2 Å². The zero-order valence-corrected chi connectivity index (χ0v) is 20.9. The highest BCUT2D eigenvalue weighted by molar-refractivity contribution is 6.31. The van der Waals surface area contributed by atoms with Gasteiger partial charge in [0.1, 0.15) is 18.2 Å². The molecule has 3 rings (SSSR count). The average Bonchev–Trinajstić information content (AvgIpc) is 2.84. The summed E-state index contributed by atoms with van der Waals surface area (Å²) in [7, 11) is 1.53. The molecule has 0 atom stereocenters. The standard InChI is InChI=1S/C28H24Cl2N2O3/c1-4-7-20-12-19(13-22(16-31)28(33)32-23-11-10-18(2)25(30)15-23)14-26(34-3)27(20)35-17-21-8-5-6-9-24(21)29/h4-6,8-15H,1,7,17H2,2-3H3,(H,32,33)/b22-13-. The van der Waals surface area contributed by atoms with E-state index in [0.717, 1.165) is 16.7 Å². The molecule has 3 aromatic carbocycles. The molecule has 0 unspecified atom stereocenters. The summed E-state index contributed by atoms with van der Waals surface area (Å²) < 4.78 is 11.6. The first-order chi connectivity index (χ1) is 16.9. The quantitative estimate of drug-likeness (QED) is 0.190. The highest BCUT2D eigenvalue weighted by Crippen LogP contribution is 2.35. The van der Waals surface area contributed by atoms with Gasteiger partial charge in [0.2, 0.25) is 0 Å². The van der Waals surface area contributed by atoms with E-state index < -0.39 is 5.91 Å². The number of halogens is 2. The van der Waals surface area contributed by atoms with Gasteiger partial charge in [-0.25, -0.2) is 0 Å². The van der Waals surface area contributed by atoms with E-state index in [0.29, 0.717) is 39.2 Å². The van der Waals surface area contributed by atoms with Gasteiger partial charge < -0.3 is 14.8 Å². The highest BCUT2D eigenvalue weighted by atomic mass is 35.5. The molecule has 0 aliphatic carbocycles. The zero-order chi connectivity index (χ0) is 25.4. The van der Waals surface area contributed by atoms with Crippen molar-refractivity contribution in [1.82, 2.24) is 0 Å². The number of hydrogen-bond donors (Lipinski definition) is 1.